The number of aromatic nitrogens is 4. The number of rotatable bonds is 4. The van der Waals surface area contributed by atoms with E-state index < -0.39 is 0 Å². The summed E-state index contributed by atoms with van der Waals surface area (Å²) in [5.41, 5.74) is 4.66. The highest BCUT2D eigenvalue weighted by atomic mass is 35.5. The second kappa shape index (κ2) is 8.22. The summed E-state index contributed by atoms with van der Waals surface area (Å²) in [6.07, 6.45) is 5.04. The molecule has 8 heteroatoms. The standard InChI is InChI=1S/C25H26ClN5O2/c26-21-8-7-18(23-27-29-30-28-23)14-19(21)16-3-5-17(6-4-16)20-15-25(20)9-11-31(12-10-25)24(32)22-2-1-13-33-22/h3-8,14,20,22H,1-2,9-13,15H2,(H,27,28,29,30)/t20-,22-/m1/s1. The van der Waals surface area contributed by atoms with Crippen molar-refractivity contribution in [2.75, 3.05) is 19.7 Å². The van der Waals surface area contributed by atoms with Crippen LogP contribution in [0.25, 0.3) is 22.5 Å². The Morgan fingerprint density at radius 1 is 1.12 bits per heavy atom. The first kappa shape index (κ1) is 20.8. The molecule has 1 spiro atoms. The SMILES string of the molecule is O=C([C@H]1CCCO1)N1CCC2(CC1)C[C@@H]2c1ccc(-c2cc(-c3nnn[nH]3)ccc2Cl)cc1. The molecule has 1 N–H and O–H groups in total. The molecule has 0 unspecified atom stereocenters. The van der Waals surface area contributed by atoms with Crippen molar-refractivity contribution in [2.45, 2.75) is 44.1 Å². The third-order valence-corrected chi connectivity index (χ3v) is 8.00. The van der Waals surface area contributed by atoms with Crippen molar-refractivity contribution in [3.63, 3.8) is 0 Å². The summed E-state index contributed by atoms with van der Waals surface area (Å²) < 4.78 is 5.60. The number of hydrogen-bond donors (Lipinski definition) is 1. The van der Waals surface area contributed by atoms with Crippen LogP contribution in [0.5, 0.6) is 0 Å². The largest absolute Gasteiger partial charge is 0.368 e. The van der Waals surface area contributed by atoms with Crippen molar-refractivity contribution < 1.29 is 9.53 Å². The molecular formula is C25H26ClN5O2. The van der Waals surface area contributed by atoms with Crippen molar-refractivity contribution >= 4 is 17.5 Å². The molecule has 170 valence electrons. The number of tetrazole rings is 1. The van der Waals surface area contributed by atoms with Gasteiger partial charge in [0.2, 0.25) is 0 Å². The molecule has 1 aromatic heterocycles. The Bertz CT molecular complexity index is 1150. The molecule has 6 rings (SSSR count). The number of halogens is 1. The van der Waals surface area contributed by atoms with Gasteiger partial charge in [0, 0.05) is 35.8 Å². The average Bonchev–Trinajstić information content (AvgIpc) is 3.28. The third kappa shape index (κ3) is 3.83. The number of aromatic amines is 1. The molecule has 2 aliphatic heterocycles. The van der Waals surface area contributed by atoms with E-state index in [1.807, 2.05) is 23.1 Å². The van der Waals surface area contributed by atoms with E-state index in [0.717, 1.165) is 62.1 Å². The molecule has 3 aromatic rings. The van der Waals surface area contributed by atoms with Gasteiger partial charge < -0.3 is 9.64 Å². The molecule has 33 heavy (non-hydrogen) atoms. The van der Waals surface area contributed by atoms with Crippen LogP contribution >= 0.6 is 11.6 Å². The van der Waals surface area contributed by atoms with E-state index in [2.05, 4.69) is 44.9 Å². The fourth-order valence-electron chi connectivity index (χ4n) is 5.59. The average molecular weight is 464 g/mol. The summed E-state index contributed by atoms with van der Waals surface area (Å²) in [6.45, 7) is 2.43. The lowest BCUT2D eigenvalue weighted by Crippen LogP contribution is -2.44. The molecule has 2 atom stereocenters. The van der Waals surface area contributed by atoms with Crippen molar-refractivity contribution in [1.29, 1.82) is 0 Å². The van der Waals surface area contributed by atoms with Gasteiger partial charge in [-0.3, -0.25) is 4.79 Å². The fraction of sp³-hybridized carbons (Fsp3) is 0.440. The predicted molar refractivity (Wildman–Crippen MR) is 125 cm³/mol. The van der Waals surface area contributed by atoms with Gasteiger partial charge in [0.15, 0.2) is 5.82 Å². The van der Waals surface area contributed by atoms with Gasteiger partial charge in [-0.05, 0) is 83.2 Å². The van der Waals surface area contributed by atoms with Crippen LogP contribution in [0, 0.1) is 5.41 Å². The van der Waals surface area contributed by atoms with Crippen LogP contribution in [-0.4, -0.2) is 57.2 Å². The zero-order valence-corrected chi connectivity index (χ0v) is 19.1. The Kier molecular flexibility index (Phi) is 5.18. The van der Waals surface area contributed by atoms with Crippen molar-refractivity contribution in [3.05, 3.63) is 53.1 Å². The Morgan fingerprint density at radius 3 is 2.61 bits per heavy atom. The van der Waals surface area contributed by atoms with Gasteiger partial charge in [-0.1, -0.05) is 35.9 Å². The van der Waals surface area contributed by atoms with E-state index in [1.165, 1.54) is 12.0 Å². The Morgan fingerprint density at radius 2 is 1.91 bits per heavy atom. The zero-order valence-electron chi connectivity index (χ0n) is 18.3. The number of nitrogens with one attached hydrogen (secondary N) is 1. The molecule has 1 aliphatic carbocycles. The van der Waals surface area contributed by atoms with Crippen molar-refractivity contribution in [1.82, 2.24) is 25.5 Å². The van der Waals surface area contributed by atoms with Gasteiger partial charge in [0.25, 0.3) is 5.91 Å². The highest BCUT2D eigenvalue weighted by molar-refractivity contribution is 6.33. The van der Waals surface area contributed by atoms with Crippen LogP contribution in [-0.2, 0) is 9.53 Å². The molecule has 7 nitrogen and oxygen atoms in total. The van der Waals surface area contributed by atoms with Crippen LogP contribution in [0.15, 0.2) is 42.5 Å². The van der Waals surface area contributed by atoms with E-state index in [-0.39, 0.29) is 12.0 Å². The first-order valence-corrected chi connectivity index (χ1v) is 12.1. The number of H-pyrrole nitrogens is 1. The first-order valence-electron chi connectivity index (χ1n) is 11.7. The second-order valence-corrected chi connectivity index (χ2v) is 9.92. The monoisotopic (exact) mass is 463 g/mol. The lowest BCUT2D eigenvalue weighted by atomic mass is 9.88. The Labute approximate surface area is 197 Å². The Hall–Kier alpha value is -2.77. The molecule has 3 heterocycles. The van der Waals surface area contributed by atoms with E-state index in [1.54, 1.807) is 0 Å². The summed E-state index contributed by atoms with van der Waals surface area (Å²) in [5.74, 6) is 1.39. The molecular weight excluding hydrogens is 438 g/mol. The number of benzene rings is 2. The highest BCUT2D eigenvalue weighted by Gasteiger charge is 2.55. The van der Waals surface area contributed by atoms with Gasteiger partial charge in [-0.15, -0.1) is 5.10 Å². The van der Waals surface area contributed by atoms with Crippen molar-refractivity contribution in [3.8, 4) is 22.5 Å². The van der Waals surface area contributed by atoms with E-state index in [0.29, 0.717) is 22.2 Å². The number of amides is 1. The quantitative estimate of drug-likeness (QED) is 0.617. The van der Waals surface area contributed by atoms with Crippen LogP contribution in [0.1, 0.15) is 43.6 Å². The summed E-state index contributed by atoms with van der Waals surface area (Å²) >= 11 is 6.51. The molecule has 1 saturated carbocycles. The molecule has 0 bridgehead atoms. The summed E-state index contributed by atoms with van der Waals surface area (Å²) in [6, 6.07) is 14.6. The van der Waals surface area contributed by atoms with Crippen LogP contribution in [0.4, 0.5) is 0 Å². The number of nitrogens with zero attached hydrogens (tertiary/aromatic N) is 4. The van der Waals surface area contributed by atoms with E-state index in [4.69, 9.17) is 16.3 Å². The molecule has 3 aliphatic rings. The van der Waals surface area contributed by atoms with Crippen LogP contribution in [0.2, 0.25) is 5.02 Å². The highest BCUT2D eigenvalue weighted by Crippen LogP contribution is 2.65. The topological polar surface area (TPSA) is 84.0 Å². The lowest BCUT2D eigenvalue weighted by Gasteiger charge is -2.34. The van der Waals surface area contributed by atoms with Gasteiger partial charge in [-0.25, -0.2) is 5.10 Å². The third-order valence-electron chi connectivity index (χ3n) is 7.67. The number of carbonyl (C=O) groups excluding carboxylic acids is 1. The van der Waals surface area contributed by atoms with E-state index in [9.17, 15) is 4.79 Å². The fourth-order valence-corrected chi connectivity index (χ4v) is 5.82. The minimum absolute atomic E-state index is 0.198. The maximum Gasteiger partial charge on any atom is 0.251 e. The molecule has 2 saturated heterocycles. The molecule has 1 amide bonds. The smallest absolute Gasteiger partial charge is 0.251 e. The molecule has 2 aromatic carbocycles. The Balaban J connectivity index is 1.13. The van der Waals surface area contributed by atoms with Gasteiger partial charge in [0.1, 0.15) is 6.10 Å². The van der Waals surface area contributed by atoms with Gasteiger partial charge in [0.05, 0.1) is 0 Å². The maximum atomic E-state index is 12.7. The number of likely N-dealkylation sites (tertiary alicyclic amines) is 1. The van der Waals surface area contributed by atoms with Gasteiger partial charge >= 0.3 is 0 Å². The zero-order chi connectivity index (χ0) is 22.4. The number of carbonyl (C=O) groups is 1. The minimum Gasteiger partial charge on any atom is -0.368 e. The van der Waals surface area contributed by atoms with Crippen molar-refractivity contribution in [2.24, 2.45) is 5.41 Å². The lowest BCUT2D eigenvalue weighted by molar-refractivity contribution is -0.142. The van der Waals surface area contributed by atoms with Gasteiger partial charge in [-0.2, -0.15) is 0 Å². The maximum absolute atomic E-state index is 12.7. The second-order valence-electron chi connectivity index (χ2n) is 9.51. The number of ether oxygens (including phenoxy) is 1. The number of hydrogen-bond acceptors (Lipinski definition) is 5. The van der Waals surface area contributed by atoms with Crippen LogP contribution in [0.3, 0.4) is 0 Å². The molecule has 3 fully saturated rings. The molecule has 0 radical (unpaired) electrons. The number of piperidine rings is 1. The first-order chi connectivity index (χ1) is 16.1. The predicted octanol–water partition coefficient (Wildman–Crippen LogP) is 4.46. The normalized spacial score (nSPS) is 23.7. The summed E-state index contributed by atoms with van der Waals surface area (Å²) in [5, 5.41) is 14.8. The van der Waals surface area contributed by atoms with Crippen LogP contribution < -0.4 is 0 Å². The summed E-state index contributed by atoms with van der Waals surface area (Å²) in [4.78, 5) is 14.7. The summed E-state index contributed by atoms with van der Waals surface area (Å²) in [7, 11) is 0. The minimum atomic E-state index is -0.202. The van der Waals surface area contributed by atoms with E-state index >= 15 is 0 Å².